The summed E-state index contributed by atoms with van der Waals surface area (Å²) in [6.45, 7) is 0. The Morgan fingerprint density at radius 2 is 1.50 bits per heavy atom. The van der Waals surface area contributed by atoms with Gasteiger partial charge in [-0.3, -0.25) is 4.72 Å². The van der Waals surface area contributed by atoms with E-state index in [1.54, 1.807) is 18.2 Å². The van der Waals surface area contributed by atoms with Gasteiger partial charge in [-0.1, -0.05) is 18.2 Å². The van der Waals surface area contributed by atoms with Crippen LogP contribution in [0.2, 0.25) is 0 Å². The summed E-state index contributed by atoms with van der Waals surface area (Å²) >= 11 is 1.09. The van der Waals surface area contributed by atoms with Gasteiger partial charge in [-0.25, -0.2) is 16.8 Å². The fraction of sp³-hybridized carbons (Fsp3) is 0.111. The summed E-state index contributed by atoms with van der Waals surface area (Å²) in [5.41, 5.74) is -0.0105. The topological polar surface area (TPSA) is 98.8 Å². The molecule has 0 saturated carbocycles. The molecule has 0 bridgehead atoms. The van der Waals surface area contributed by atoms with Gasteiger partial charge in [0.05, 0.1) is 29.7 Å². The lowest BCUT2D eigenvalue weighted by Gasteiger charge is -2.12. The van der Waals surface area contributed by atoms with Crippen molar-refractivity contribution in [2.45, 2.75) is 14.7 Å². The van der Waals surface area contributed by atoms with Gasteiger partial charge in [0, 0.05) is 16.8 Å². The van der Waals surface area contributed by atoms with Crippen molar-refractivity contribution in [1.82, 2.24) is 0 Å². The zero-order valence-electron chi connectivity index (χ0n) is 14.9. The summed E-state index contributed by atoms with van der Waals surface area (Å²) in [6.07, 6.45) is 0. The summed E-state index contributed by atoms with van der Waals surface area (Å²) < 4.78 is 63.9. The first-order chi connectivity index (χ1) is 13.3. The number of sulfone groups is 1. The maximum absolute atomic E-state index is 12.9. The molecule has 0 aliphatic rings. The number of rotatable bonds is 7. The van der Waals surface area contributed by atoms with Crippen LogP contribution in [0.15, 0.2) is 74.0 Å². The molecule has 3 aromatic rings. The van der Waals surface area contributed by atoms with E-state index < -0.39 is 19.9 Å². The molecule has 28 heavy (non-hydrogen) atoms. The summed E-state index contributed by atoms with van der Waals surface area (Å²) in [5.74, 6) is 0.622. The second-order valence-electron chi connectivity index (χ2n) is 5.59. The van der Waals surface area contributed by atoms with E-state index in [2.05, 4.69) is 4.72 Å². The Bertz CT molecular complexity index is 1190. The van der Waals surface area contributed by atoms with E-state index in [1.807, 2.05) is 0 Å². The smallest absolute Gasteiger partial charge is 0.262 e. The van der Waals surface area contributed by atoms with Gasteiger partial charge in [0.1, 0.15) is 4.90 Å². The molecule has 0 aliphatic carbocycles. The number of hydrogen-bond acceptors (Lipinski definition) is 7. The van der Waals surface area contributed by atoms with Gasteiger partial charge in [0.2, 0.25) is 9.84 Å². The molecule has 0 atom stereocenters. The van der Waals surface area contributed by atoms with Crippen molar-refractivity contribution in [3.8, 4) is 11.5 Å². The first-order valence-corrected chi connectivity index (χ1v) is 11.8. The molecule has 0 unspecified atom stereocenters. The van der Waals surface area contributed by atoms with Gasteiger partial charge in [0.25, 0.3) is 10.0 Å². The van der Waals surface area contributed by atoms with Crippen molar-refractivity contribution in [3.63, 3.8) is 0 Å². The number of ether oxygens (including phenoxy) is 2. The zero-order valence-corrected chi connectivity index (χ0v) is 17.4. The molecular weight excluding hydrogens is 422 g/mol. The molecule has 2 aromatic carbocycles. The lowest BCUT2D eigenvalue weighted by atomic mass is 10.3. The molecule has 0 amide bonds. The Labute approximate surface area is 167 Å². The third kappa shape index (κ3) is 3.84. The average molecular weight is 440 g/mol. The molecule has 0 saturated heterocycles. The number of thiophene rings is 1. The van der Waals surface area contributed by atoms with Gasteiger partial charge >= 0.3 is 0 Å². The van der Waals surface area contributed by atoms with Crippen LogP contribution in [0.5, 0.6) is 11.5 Å². The first-order valence-electron chi connectivity index (χ1n) is 7.91. The predicted molar refractivity (Wildman–Crippen MR) is 107 cm³/mol. The van der Waals surface area contributed by atoms with Crippen LogP contribution in [0.4, 0.5) is 5.69 Å². The molecular formula is C18H17NO6S3. The highest BCUT2D eigenvalue weighted by Crippen LogP contribution is 2.34. The molecule has 1 aromatic heterocycles. The highest BCUT2D eigenvalue weighted by atomic mass is 32.2. The van der Waals surface area contributed by atoms with Crippen LogP contribution < -0.4 is 14.2 Å². The molecule has 3 rings (SSSR count). The van der Waals surface area contributed by atoms with Crippen LogP contribution in [-0.2, 0) is 19.9 Å². The molecule has 7 nitrogen and oxygen atoms in total. The molecule has 0 aliphatic heterocycles. The van der Waals surface area contributed by atoms with Crippen LogP contribution in [0.25, 0.3) is 0 Å². The molecule has 0 radical (unpaired) electrons. The molecule has 1 heterocycles. The van der Waals surface area contributed by atoms with E-state index in [9.17, 15) is 16.8 Å². The van der Waals surface area contributed by atoms with E-state index in [-0.39, 0.29) is 26.1 Å². The zero-order chi connectivity index (χ0) is 20.4. The second kappa shape index (κ2) is 7.82. The van der Waals surface area contributed by atoms with E-state index in [4.69, 9.17) is 9.47 Å². The highest BCUT2D eigenvalue weighted by molar-refractivity contribution is 7.93. The normalized spacial score (nSPS) is 11.8. The van der Waals surface area contributed by atoms with Crippen LogP contribution in [0.3, 0.4) is 0 Å². The Balaban J connectivity index is 1.99. The van der Waals surface area contributed by atoms with E-state index >= 15 is 0 Å². The highest BCUT2D eigenvalue weighted by Gasteiger charge is 2.25. The minimum absolute atomic E-state index is 0.0105. The summed E-state index contributed by atoms with van der Waals surface area (Å²) in [5, 5.41) is 2.84. The number of anilines is 1. The largest absolute Gasteiger partial charge is 0.493 e. The van der Waals surface area contributed by atoms with E-state index in [0.29, 0.717) is 5.75 Å². The summed E-state index contributed by atoms with van der Waals surface area (Å²) in [7, 11) is -5.08. The molecule has 148 valence electrons. The maximum Gasteiger partial charge on any atom is 0.262 e. The number of hydrogen-bond donors (Lipinski definition) is 1. The average Bonchev–Trinajstić information content (AvgIpc) is 3.16. The van der Waals surface area contributed by atoms with E-state index in [0.717, 1.165) is 11.3 Å². The van der Waals surface area contributed by atoms with Crippen molar-refractivity contribution in [2.75, 3.05) is 18.9 Å². The van der Waals surface area contributed by atoms with Crippen molar-refractivity contribution in [2.24, 2.45) is 0 Å². The van der Waals surface area contributed by atoms with Crippen molar-refractivity contribution >= 4 is 36.9 Å². The Hall–Kier alpha value is -2.56. The minimum atomic E-state index is -4.05. The van der Waals surface area contributed by atoms with Crippen LogP contribution in [0.1, 0.15) is 0 Å². The standard InChI is InChI=1S/C18H17NO6S3/c1-24-16-9-8-14(10-17(16)25-2)28(22,23)19-15-11-26-12-18(15)27(20,21)13-6-4-3-5-7-13/h3-12,19H,1-2H3. The predicted octanol–water partition coefficient (Wildman–Crippen LogP) is 3.40. The van der Waals surface area contributed by atoms with Gasteiger partial charge in [-0.05, 0) is 24.3 Å². The quantitative estimate of drug-likeness (QED) is 0.606. The minimum Gasteiger partial charge on any atom is -0.493 e. The third-order valence-electron chi connectivity index (χ3n) is 3.88. The van der Waals surface area contributed by atoms with Gasteiger partial charge in [0.15, 0.2) is 11.5 Å². The van der Waals surface area contributed by atoms with E-state index in [1.165, 1.54) is 55.3 Å². The van der Waals surface area contributed by atoms with Crippen molar-refractivity contribution in [3.05, 3.63) is 59.3 Å². The second-order valence-corrected chi connectivity index (χ2v) is 9.93. The van der Waals surface area contributed by atoms with Crippen molar-refractivity contribution < 1.29 is 26.3 Å². The number of sulfonamides is 1. The molecule has 0 spiro atoms. The van der Waals surface area contributed by atoms with Gasteiger partial charge in [-0.15, -0.1) is 11.3 Å². The first kappa shape index (κ1) is 20.2. The lowest BCUT2D eigenvalue weighted by Crippen LogP contribution is -2.15. The van der Waals surface area contributed by atoms with Crippen LogP contribution in [-0.4, -0.2) is 31.1 Å². The monoisotopic (exact) mass is 439 g/mol. The molecule has 10 heteroatoms. The van der Waals surface area contributed by atoms with Gasteiger partial charge in [-0.2, -0.15) is 0 Å². The maximum atomic E-state index is 12.9. The Morgan fingerprint density at radius 1 is 0.821 bits per heavy atom. The van der Waals surface area contributed by atoms with Crippen molar-refractivity contribution in [1.29, 1.82) is 0 Å². The number of nitrogens with one attached hydrogen (secondary N) is 1. The fourth-order valence-corrected chi connectivity index (χ4v) is 6.26. The fourth-order valence-electron chi connectivity index (χ4n) is 2.48. The SMILES string of the molecule is COc1ccc(S(=O)(=O)Nc2cscc2S(=O)(=O)c2ccccc2)cc1OC. The third-order valence-corrected chi connectivity index (χ3v) is 7.94. The summed E-state index contributed by atoms with van der Waals surface area (Å²) in [4.78, 5) is -0.105. The molecule has 0 fully saturated rings. The Kier molecular flexibility index (Phi) is 5.64. The van der Waals surface area contributed by atoms with Crippen LogP contribution >= 0.6 is 11.3 Å². The summed E-state index contributed by atoms with van der Waals surface area (Å²) in [6, 6.07) is 11.9. The molecule has 1 N–H and O–H groups in total. The number of benzene rings is 2. The Morgan fingerprint density at radius 3 is 2.14 bits per heavy atom. The van der Waals surface area contributed by atoms with Gasteiger partial charge < -0.3 is 9.47 Å². The lowest BCUT2D eigenvalue weighted by molar-refractivity contribution is 0.354. The van der Waals surface area contributed by atoms with Crippen LogP contribution in [0, 0.1) is 0 Å². The number of methoxy groups -OCH3 is 2.